The van der Waals surface area contributed by atoms with E-state index in [-0.39, 0.29) is 11.5 Å². The van der Waals surface area contributed by atoms with Gasteiger partial charge in [-0.2, -0.15) is 0 Å². The van der Waals surface area contributed by atoms with Crippen molar-refractivity contribution in [3.63, 3.8) is 0 Å². The zero-order chi connectivity index (χ0) is 15.2. The number of nitrogen functional groups attached to an aromatic ring is 1. The number of nitrogens with two attached hydrogens (primary N) is 1. The first-order valence-corrected chi connectivity index (χ1v) is 7.17. The summed E-state index contributed by atoms with van der Waals surface area (Å²) in [5.41, 5.74) is 5.93. The van der Waals surface area contributed by atoms with Crippen molar-refractivity contribution in [1.82, 2.24) is 9.80 Å². The molecule has 1 aromatic carbocycles. The molecule has 0 bridgehead atoms. The van der Waals surface area contributed by atoms with Gasteiger partial charge in [-0.15, -0.1) is 0 Å². The van der Waals surface area contributed by atoms with Crippen LogP contribution < -0.4 is 5.73 Å². The van der Waals surface area contributed by atoms with Crippen LogP contribution in [0.4, 0.5) is 10.1 Å². The van der Waals surface area contributed by atoms with E-state index in [1.54, 1.807) is 18.1 Å². The number of nitrogens with zero attached hydrogens (tertiary/aromatic N) is 2. The van der Waals surface area contributed by atoms with Crippen LogP contribution >= 0.6 is 0 Å². The molecule has 1 aromatic rings. The van der Waals surface area contributed by atoms with Crippen molar-refractivity contribution in [1.29, 1.82) is 0 Å². The third-order valence-corrected chi connectivity index (χ3v) is 3.71. The van der Waals surface area contributed by atoms with Crippen molar-refractivity contribution in [2.75, 3.05) is 52.2 Å². The third kappa shape index (κ3) is 4.15. The predicted octanol–water partition coefficient (Wildman–Crippen LogP) is 1.20. The minimum Gasteiger partial charge on any atom is -0.399 e. The van der Waals surface area contributed by atoms with E-state index in [4.69, 9.17) is 10.5 Å². The molecule has 0 atom stereocenters. The average Bonchev–Trinajstić information content (AvgIpc) is 2.70. The van der Waals surface area contributed by atoms with Gasteiger partial charge in [0.25, 0.3) is 5.91 Å². The van der Waals surface area contributed by atoms with Gasteiger partial charge in [-0.1, -0.05) is 0 Å². The molecule has 2 N–H and O–H groups in total. The summed E-state index contributed by atoms with van der Waals surface area (Å²) in [5, 5.41) is 0. The summed E-state index contributed by atoms with van der Waals surface area (Å²) >= 11 is 0. The monoisotopic (exact) mass is 295 g/mol. The summed E-state index contributed by atoms with van der Waals surface area (Å²) in [4.78, 5) is 16.4. The second-order valence-electron chi connectivity index (χ2n) is 5.22. The highest BCUT2D eigenvalue weighted by Gasteiger charge is 2.22. The van der Waals surface area contributed by atoms with Gasteiger partial charge in [0.1, 0.15) is 5.82 Å². The highest BCUT2D eigenvalue weighted by atomic mass is 19.1. The van der Waals surface area contributed by atoms with E-state index in [0.717, 1.165) is 26.1 Å². The molecule has 1 fully saturated rings. The first-order chi connectivity index (χ1) is 10.1. The Morgan fingerprint density at radius 2 is 2.14 bits per heavy atom. The number of carbonyl (C=O) groups is 1. The summed E-state index contributed by atoms with van der Waals surface area (Å²) in [7, 11) is 1.68. The molecular formula is C15H22FN3O2. The van der Waals surface area contributed by atoms with Crippen molar-refractivity contribution >= 4 is 11.6 Å². The Morgan fingerprint density at radius 1 is 1.33 bits per heavy atom. The SMILES string of the molecule is COCCN1CCCN(C(=O)c2ccc(N)cc2F)CC1. The van der Waals surface area contributed by atoms with Crippen molar-refractivity contribution in [2.45, 2.75) is 6.42 Å². The Bertz CT molecular complexity index is 496. The highest BCUT2D eigenvalue weighted by Crippen LogP contribution is 2.15. The maximum absolute atomic E-state index is 13.8. The molecule has 0 saturated carbocycles. The van der Waals surface area contributed by atoms with Crippen LogP contribution in [0, 0.1) is 5.82 Å². The first kappa shape index (κ1) is 15.7. The average molecular weight is 295 g/mol. The van der Waals surface area contributed by atoms with Crippen LogP contribution in [0.3, 0.4) is 0 Å². The maximum Gasteiger partial charge on any atom is 0.256 e. The van der Waals surface area contributed by atoms with Gasteiger partial charge >= 0.3 is 0 Å². The Hall–Kier alpha value is -1.66. The number of hydrogen-bond acceptors (Lipinski definition) is 4. The molecule has 0 radical (unpaired) electrons. The molecule has 6 heteroatoms. The van der Waals surface area contributed by atoms with Gasteiger partial charge in [-0.3, -0.25) is 9.69 Å². The van der Waals surface area contributed by atoms with E-state index < -0.39 is 5.82 Å². The van der Waals surface area contributed by atoms with Crippen LogP contribution in [0.15, 0.2) is 18.2 Å². The molecule has 0 aliphatic carbocycles. The zero-order valence-electron chi connectivity index (χ0n) is 12.3. The maximum atomic E-state index is 13.8. The van der Waals surface area contributed by atoms with Gasteiger partial charge in [-0.25, -0.2) is 4.39 Å². The Kier molecular flexibility index (Phi) is 5.52. The van der Waals surface area contributed by atoms with Crippen molar-refractivity contribution < 1.29 is 13.9 Å². The Labute approximate surface area is 124 Å². The molecule has 1 amide bonds. The fourth-order valence-corrected chi connectivity index (χ4v) is 2.49. The lowest BCUT2D eigenvalue weighted by Crippen LogP contribution is -2.36. The normalized spacial score (nSPS) is 16.8. The molecule has 21 heavy (non-hydrogen) atoms. The molecule has 1 saturated heterocycles. The molecule has 0 unspecified atom stereocenters. The van der Waals surface area contributed by atoms with E-state index >= 15 is 0 Å². The smallest absolute Gasteiger partial charge is 0.256 e. The van der Waals surface area contributed by atoms with Crippen LogP contribution in [0.2, 0.25) is 0 Å². The minimum atomic E-state index is -0.555. The van der Waals surface area contributed by atoms with Crippen molar-refractivity contribution in [3.05, 3.63) is 29.6 Å². The number of methoxy groups -OCH3 is 1. The van der Waals surface area contributed by atoms with Crippen LogP contribution in [0.1, 0.15) is 16.8 Å². The number of amides is 1. The fourth-order valence-electron chi connectivity index (χ4n) is 2.49. The topological polar surface area (TPSA) is 58.8 Å². The van der Waals surface area contributed by atoms with Crippen LogP contribution in [-0.2, 0) is 4.74 Å². The molecule has 116 valence electrons. The second-order valence-corrected chi connectivity index (χ2v) is 5.22. The van der Waals surface area contributed by atoms with E-state index in [0.29, 0.717) is 25.4 Å². The summed E-state index contributed by atoms with van der Waals surface area (Å²) in [6.07, 6.45) is 0.881. The third-order valence-electron chi connectivity index (χ3n) is 3.71. The summed E-state index contributed by atoms with van der Waals surface area (Å²) in [6, 6.07) is 4.20. The second kappa shape index (κ2) is 7.38. The first-order valence-electron chi connectivity index (χ1n) is 7.17. The largest absolute Gasteiger partial charge is 0.399 e. The van der Waals surface area contributed by atoms with Gasteiger partial charge in [0.05, 0.1) is 12.2 Å². The summed E-state index contributed by atoms with van der Waals surface area (Å²) < 4.78 is 18.9. The number of carbonyl (C=O) groups excluding carboxylic acids is 1. The lowest BCUT2D eigenvalue weighted by atomic mass is 10.1. The van der Waals surface area contributed by atoms with Crippen molar-refractivity contribution in [3.8, 4) is 0 Å². The summed E-state index contributed by atoms with van der Waals surface area (Å²) in [5.74, 6) is -0.818. The Morgan fingerprint density at radius 3 is 2.86 bits per heavy atom. The number of halogens is 1. The minimum absolute atomic E-state index is 0.0922. The van der Waals surface area contributed by atoms with Crippen LogP contribution in [0.5, 0.6) is 0 Å². The van der Waals surface area contributed by atoms with Crippen LogP contribution in [0.25, 0.3) is 0 Å². The van der Waals surface area contributed by atoms with Gasteiger partial charge < -0.3 is 15.4 Å². The number of benzene rings is 1. The van der Waals surface area contributed by atoms with E-state index in [9.17, 15) is 9.18 Å². The van der Waals surface area contributed by atoms with Crippen LogP contribution in [-0.4, -0.2) is 62.1 Å². The fraction of sp³-hybridized carbons (Fsp3) is 0.533. The molecular weight excluding hydrogens is 273 g/mol. The van der Waals surface area contributed by atoms with Gasteiger partial charge in [0, 0.05) is 39.0 Å². The van der Waals surface area contributed by atoms with E-state index in [2.05, 4.69) is 4.90 Å². The molecule has 1 aliphatic rings. The molecule has 0 spiro atoms. The number of hydrogen-bond donors (Lipinski definition) is 1. The number of rotatable bonds is 4. The van der Waals surface area contributed by atoms with E-state index in [1.165, 1.54) is 12.1 Å². The Balaban J connectivity index is 1.99. The van der Waals surface area contributed by atoms with Gasteiger partial charge in [0.15, 0.2) is 0 Å². The number of ether oxygens (including phenoxy) is 1. The number of anilines is 1. The van der Waals surface area contributed by atoms with Crippen molar-refractivity contribution in [2.24, 2.45) is 0 Å². The molecule has 1 aliphatic heterocycles. The van der Waals surface area contributed by atoms with Gasteiger partial charge in [-0.05, 0) is 31.2 Å². The predicted molar refractivity (Wildman–Crippen MR) is 79.6 cm³/mol. The van der Waals surface area contributed by atoms with E-state index in [1.807, 2.05) is 0 Å². The standard InChI is InChI=1S/C15H22FN3O2/c1-21-10-9-18-5-2-6-19(8-7-18)15(20)13-4-3-12(17)11-14(13)16/h3-4,11H,2,5-10,17H2,1H3. The lowest BCUT2D eigenvalue weighted by Gasteiger charge is -2.22. The molecule has 1 heterocycles. The highest BCUT2D eigenvalue weighted by molar-refractivity contribution is 5.94. The zero-order valence-corrected chi connectivity index (χ0v) is 12.3. The quantitative estimate of drug-likeness (QED) is 0.848. The summed E-state index contributed by atoms with van der Waals surface area (Å²) in [6.45, 7) is 4.50. The molecule has 2 rings (SSSR count). The van der Waals surface area contributed by atoms with Gasteiger partial charge in [0.2, 0.25) is 0 Å². The lowest BCUT2D eigenvalue weighted by molar-refractivity contribution is 0.0754. The molecule has 5 nitrogen and oxygen atoms in total. The molecule has 0 aromatic heterocycles.